The number of halogens is 1. The van der Waals surface area contributed by atoms with Gasteiger partial charge in [0.2, 0.25) is 0 Å². The van der Waals surface area contributed by atoms with Gasteiger partial charge in [0, 0.05) is 61.8 Å². The molecule has 1 aliphatic carbocycles. The van der Waals surface area contributed by atoms with E-state index in [1.165, 1.54) is 33.3 Å². The van der Waals surface area contributed by atoms with Crippen LogP contribution >= 0.6 is 11.6 Å². The topological polar surface area (TPSA) is 34.0 Å². The molecule has 3 aromatic heterocycles. The Hall–Kier alpha value is -2.17. The first-order valence-electron chi connectivity index (χ1n) is 8.70. The molecular formula is C20H19ClN4. The highest BCUT2D eigenvalue weighted by Crippen LogP contribution is 2.36. The minimum absolute atomic E-state index is 0.706. The fraction of sp³-hybridized carbons (Fsp3) is 0.300. The molecule has 0 spiro atoms. The van der Waals surface area contributed by atoms with Gasteiger partial charge in [-0.05, 0) is 47.9 Å². The number of pyridine rings is 2. The molecule has 0 saturated heterocycles. The van der Waals surface area contributed by atoms with Gasteiger partial charge in [-0.15, -0.1) is 0 Å². The average Bonchev–Trinajstić information content (AvgIpc) is 2.73. The smallest absolute Gasteiger partial charge is 0.144 e. The van der Waals surface area contributed by atoms with Crippen LogP contribution in [0.1, 0.15) is 22.4 Å². The van der Waals surface area contributed by atoms with Crippen LogP contribution in [-0.4, -0.2) is 39.6 Å². The van der Waals surface area contributed by atoms with Crippen LogP contribution in [0, 0.1) is 0 Å². The number of aromatic nitrogens is 3. The number of likely N-dealkylation sites (N-methyl/N-ethyl adjacent to an activating group) is 1. The molecule has 5 rings (SSSR count). The van der Waals surface area contributed by atoms with Crippen molar-refractivity contribution in [2.24, 2.45) is 0 Å². The van der Waals surface area contributed by atoms with E-state index in [4.69, 9.17) is 11.6 Å². The predicted molar refractivity (Wildman–Crippen MR) is 102 cm³/mol. The van der Waals surface area contributed by atoms with E-state index in [-0.39, 0.29) is 0 Å². The molecule has 3 aromatic rings. The van der Waals surface area contributed by atoms with Crippen molar-refractivity contribution in [3.63, 3.8) is 0 Å². The first kappa shape index (κ1) is 15.1. The second-order valence-electron chi connectivity index (χ2n) is 6.99. The van der Waals surface area contributed by atoms with Crippen LogP contribution in [0.25, 0.3) is 22.8 Å². The zero-order valence-electron chi connectivity index (χ0n) is 14.2. The van der Waals surface area contributed by atoms with E-state index in [0.717, 1.165) is 38.0 Å². The Labute approximate surface area is 151 Å². The van der Waals surface area contributed by atoms with Gasteiger partial charge in [0.25, 0.3) is 0 Å². The van der Waals surface area contributed by atoms with Gasteiger partial charge in [0.1, 0.15) is 5.65 Å². The highest BCUT2D eigenvalue weighted by atomic mass is 35.5. The van der Waals surface area contributed by atoms with Crippen LogP contribution in [0.3, 0.4) is 0 Å². The molecule has 0 fully saturated rings. The Morgan fingerprint density at radius 3 is 2.96 bits per heavy atom. The zero-order valence-corrected chi connectivity index (χ0v) is 14.9. The van der Waals surface area contributed by atoms with E-state index in [9.17, 15) is 0 Å². The summed E-state index contributed by atoms with van der Waals surface area (Å²) in [5.74, 6) is 0. The predicted octanol–water partition coefficient (Wildman–Crippen LogP) is 3.67. The van der Waals surface area contributed by atoms with Crippen molar-refractivity contribution in [3.8, 4) is 0 Å². The molecule has 0 N–H and O–H groups in total. The summed E-state index contributed by atoms with van der Waals surface area (Å²) in [6.07, 6.45) is 10.9. The maximum Gasteiger partial charge on any atom is 0.144 e. The summed E-state index contributed by atoms with van der Waals surface area (Å²) in [6, 6.07) is 4.18. The number of allylic oxidation sites excluding steroid dienone is 1. The lowest BCUT2D eigenvalue weighted by Crippen LogP contribution is -2.21. The van der Waals surface area contributed by atoms with Crippen LogP contribution in [0.2, 0.25) is 5.02 Å². The van der Waals surface area contributed by atoms with Crippen molar-refractivity contribution in [2.75, 3.05) is 20.1 Å². The summed E-state index contributed by atoms with van der Waals surface area (Å²) in [5, 5.41) is 1.90. The van der Waals surface area contributed by atoms with Crippen LogP contribution < -0.4 is 0 Å². The van der Waals surface area contributed by atoms with Crippen molar-refractivity contribution in [1.82, 2.24) is 19.4 Å². The average molecular weight is 351 g/mol. The fourth-order valence-electron chi connectivity index (χ4n) is 4.02. The fourth-order valence-corrected chi connectivity index (χ4v) is 4.18. The SMILES string of the molecule is CN1CCc2c(n(/C=C3\Cc4cnccc43)c3ncc(Cl)cc23)CC1. The van der Waals surface area contributed by atoms with Gasteiger partial charge < -0.3 is 9.47 Å². The first-order chi connectivity index (χ1) is 12.2. The van der Waals surface area contributed by atoms with Crippen molar-refractivity contribution in [1.29, 1.82) is 0 Å². The molecule has 0 unspecified atom stereocenters. The molecule has 0 saturated carbocycles. The molecule has 0 aromatic carbocycles. The van der Waals surface area contributed by atoms with Crippen LogP contribution in [0.4, 0.5) is 0 Å². The van der Waals surface area contributed by atoms with Gasteiger partial charge in [-0.2, -0.15) is 0 Å². The highest BCUT2D eigenvalue weighted by molar-refractivity contribution is 6.31. The Morgan fingerprint density at radius 1 is 1.20 bits per heavy atom. The highest BCUT2D eigenvalue weighted by Gasteiger charge is 2.24. The number of hydrogen-bond donors (Lipinski definition) is 0. The third-order valence-electron chi connectivity index (χ3n) is 5.41. The number of fused-ring (bicyclic) bond motifs is 4. The van der Waals surface area contributed by atoms with Gasteiger partial charge in [-0.1, -0.05) is 11.6 Å². The number of hydrogen-bond acceptors (Lipinski definition) is 3. The summed E-state index contributed by atoms with van der Waals surface area (Å²) in [7, 11) is 2.19. The normalized spacial score (nSPS) is 18.7. The monoisotopic (exact) mass is 350 g/mol. The minimum Gasteiger partial charge on any atom is -0.306 e. The van der Waals surface area contributed by atoms with Crippen LogP contribution in [0.5, 0.6) is 0 Å². The molecule has 5 heteroatoms. The van der Waals surface area contributed by atoms with E-state index < -0.39 is 0 Å². The Morgan fingerprint density at radius 2 is 2.08 bits per heavy atom. The van der Waals surface area contributed by atoms with E-state index >= 15 is 0 Å². The van der Waals surface area contributed by atoms with Crippen molar-refractivity contribution >= 4 is 34.4 Å². The maximum atomic E-state index is 6.25. The molecule has 0 bridgehead atoms. The second-order valence-corrected chi connectivity index (χ2v) is 7.42. The second kappa shape index (κ2) is 5.68. The Kier molecular flexibility index (Phi) is 3.43. The van der Waals surface area contributed by atoms with Gasteiger partial charge in [-0.3, -0.25) is 4.98 Å². The molecule has 0 atom stereocenters. The summed E-state index contributed by atoms with van der Waals surface area (Å²) in [4.78, 5) is 11.3. The molecular weight excluding hydrogens is 332 g/mol. The standard InChI is InChI=1S/C20H19ClN4/c1-24-6-3-17-18-9-15(21)11-23-20(18)25(19(17)4-7-24)12-14-8-13-10-22-5-2-16(13)14/h2,5,9-12H,3-4,6-8H2,1H3/b14-12+. The van der Waals surface area contributed by atoms with Gasteiger partial charge >= 0.3 is 0 Å². The molecule has 2 aliphatic rings. The first-order valence-corrected chi connectivity index (χ1v) is 9.08. The van der Waals surface area contributed by atoms with Crippen molar-refractivity contribution in [3.05, 3.63) is 58.1 Å². The Bertz CT molecular complexity index is 1020. The molecule has 4 nitrogen and oxygen atoms in total. The van der Waals surface area contributed by atoms with E-state index in [1.807, 2.05) is 12.4 Å². The summed E-state index contributed by atoms with van der Waals surface area (Å²) >= 11 is 6.25. The largest absolute Gasteiger partial charge is 0.306 e. The maximum absolute atomic E-state index is 6.25. The molecule has 126 valence electrons. The van der Waals surface area contributed by atoms with Gasteiger partial charge in [0.05, 0.1) is 5.02 Å². The summed E-state index contributed by atoms with van der Waals surface area (Å²) in [6.45, 7) is 2.14. The third-order valence-corrected chi connectivity index (χ3v) is 5.62. The quantitative estimate of drug-likeness (QED) is 0.671. The van der Waals surface area contributed by atoms with Crippen molar-refractivity contribution in [2.45, 2.75) is 19.3 Å². The van der Waals surface area contributed by atoms with Gasteiger partial charge in [-0.25, -0.2) is 4.98 Å². The minimum atomic E-state index is 0.706. The van der Waals surface area contributed by atoms with Crippen LogP contribution in [0.15, 0.2) is 30.7 Å². The zero-order chi connectivity index (χ0) is 17.0. The van der Waals surface area contributed by atoms with E-state index in [0.29, 0.717) is 5.02 Å². The lowest BCUT2D eigenvalue weighted by molar-refractivity contribution is 0.351. The lowest BCUT2D eigenvalue weighted by Gasteiger charge is -2.22. The molecule has 1 aliphatic heterocycles. The summed E-state index contributed by atoms with van der Waals surface area (Å²) in [5.41, 5.74) is 7.79. The molecule has 25 heavy (non-hydrogen) atoms. The number of rotatable bonds is 1. The van der Waals surface area contributed by atoms with E-state index in [1.54, 1.807) is 6.20 Å². The van der Waals surface area contributed by atoms with Gasteiger partial charge in [0.15, 0.2) is 0 Å². The van der Waals surface area contributed by atoms with E-state index in [2.05, 4.69) is 44.8 Å². The summed E-state index contributed by atoms with van der Waals surface area (Å²) < 4.78 is 2.30. The molecule has 0 radical (unpaired) electrons. The Balaban J connectivity index is 1.71. The number of nitrogens with zero attached hydrogens (tertiary/aromatic N) is 4. The lowest BCUT2D eigenvalue weighted by atomic mass is 9.85. The van der Waals surface area contributed by atoms with Crippen LogP contribution in [-0.2, 0) is 19.3 Å². The van der Waals surface area contributed by atoms with Crippen molar-refractivity contribution < 1.29 is 0 Å². The molecule has 0 amide bonds. The third kappa shape index (κ3) is 2.40. The molecule has 4 heterocycles.